The number of allylic oxidation sites excluding steroid dienone is 5. The smallest absolute Gasteiger partial charge is 0.302 e. The molecule has 0 unspecified atom stereocenters. The summed E-state index contributed by atoms with van der Waals surface area (Å²) in [6, 6.07) is 0. The van der Waals surface area contributed by atoms with Crippen molar-refractivity contribution in [2.75, 3.05) is 6.61 Å². The zero-order chi connectivity index (χ0) is 17.2. The van der Waals surface area contributed by atoms with Crippen LogP contribution in [0.3, 0.4) is 0 Å². The van der Waals surface area contributed by atoms with Crippen molar-refractivity contribution in [1.82, 2.24) is 0 Å². The molecular formula is C20H26O3. The number of hydrogen-bond donors (Lipinski definition) is 1. The third-order valence-electron chi connectivity index (χ3n) is 2.74. The molecule has 0 heterocycles. The van der Waals surface area contributed by atoms with Gasteiger partial charge in [0.25, 0.3) is 0 Å². The van der Waals surface area contributed by atoms with Crippen LogP contribution in [-0.4, -0.2) is 23.8 Å². The Morgan fingerprint density at radius 2 is 2.00 bits per heavy atom. The minimum Gasteiger partial charge on any atom is -0.463 e. The molecule has 0 amide bonds. The van der Waals surface area contributed by atoms with Crippen molar-refractivity contribution in [3.63, 3.8) is 0 Å². The van der Waals surface area contributed by atoms with Gasteiger partial charge in [0.1, 0.15) is 6.10 Å². The van der Waals surface area contributed by atoms with E-state index in [4.69, 9.17) is 9.84 Å². The lowest BCUT2D eigenvalue weighted by atomic mass is 10.1. The highest BCUT2D eigenvalue weighted by Gasteiger charge is 2.09. The molecule has 0 aliphatic rings. The Hall–Kier alpha value is -2.23. The van der Waals surface area contributed by atoms with Crippen molar-refractivity contribution in [2.24, 2.45) is 0 Å². The summed E-state index contributed by atoms with van der Waals surface area (Å²) < 4.78 is 5.25. The number of esters is 1. The highest BCUT2D eigenvalue weighted by atomic mass is 16.5. The molecule has 1 N–H and O–H groups in total. The molecule has 0 fully saturated rings. The second-order valence-corrected chi connectivity index (χ2v) is 4.81. The first-order chi connectivity index (χ1) is 11.2. The topological polar surface area (TPSA) is 46.5 Å². The molecule has 0 aliphatic heterocycles. The van der Waals surface area contributed by atoms with Gasteiger partial charge >= 0.3 is 5.97 Å². The SMILES string of the molecule is CCC[C@H](CC/C=C/C=C/C#CC#CC/C=C\CO)OC(C)=O. The van der Waals surface area contributed by atoms with Crippen LogP contribution in [0.1, 0.15) is 46.0 Å². The standard InChI is InChI=1S/C20H26O3/c1-3-16-20(23-19(2)22)17-14-12-10-8-6-4-5-7-9-11-13-15-18-21/h6,8,10,12-13,15,20-21H,3,11,14,16-18H2,1-2H3/b8-6+,12-10+,15-13-/t20-/m1/s1. The number of ether oxygens (including phenoxy) is 1. The minimum absolute atomic E-state index is 0.0149. The number of rotatable bonds is 9. The van der Waals surface area contributed by atoms with Crippen LogP contribution in [0.15, 0.2) is 36.5 Å². The van der Waals surface area contributed by atoms with Crippen molar-refractivity contribution in [3.8, 4) is 23.7 Å². The van der Waals surface area contributed by atoms with E-state index in [1.165, 1.54) is 6.92 Å². The molecule has 0 aromatic heterocycles. The molecule has 3 heteroatoms. The Bertz CT molecular complexity index is 519. The van der Waals surface area contributed by atoms with Crippen LogP contribution in [0.4, 0.5) is 0 Å². The maximum atomic E-state index is 11.0. The Balaban J connectivity index is 3.96. The van der Waals surface area contributed by atoms with Gasteiger partial charge in [-0.05, 0) is 37.2 Å². The second-order valence-electron chi connectivity index (χ2n) is 4.81. The van der Waals surface area contributed by atoms with Gasteiger partial charge in [-0.25, -0.2) is 0 Å². The molecule has 0 aliphatic carbocycles. The molecule has 0 saturated heterocycles. The Morgan fingerprint density at radius 1 is 1.17 bits per heavy atom. The Morgan fingerprint density at radius 3 is 2.70 bits per heavy atom. The zero-order valence-electron chi connectivity index (χ0n) is 14.0. The highest BCUT2D eigenvalue weighted by Crippen LogP contribution is 2.10. The van der Waals surface area contributed by atoms with Crippen LogP contribution in [0.2, 0.25) is 0 Å². The van der Waals surface area contributed by atoms with Crippen LogP contribution in [0.5, 0.6) is 0 Å². The highest BCUT2D eigenvalue weighted by molar-refractivity contribution is 5.66. The van der Waals surface area contributed by atoms with Gasteiger partial charge < -0.3 is 9.84 Å². The van der Waals surface area contributed by atoms with Gasteiger partial charge in [0.2, 0.25) is 0 Å². The number of carbonyl (C=O) groups excluding carboxylic acids is 1. The molecule has 3 nitrogen and oxygen atoms in total. The van der Waals surface area contributed by atoms with E-state index in [9.17, 15) is 4.79 Å². The fourth-order valence-corrected chi connectivity index (χ4v) is 1.77. The Labute approximate surface area is 140 Å². The van der Waals surface area contributed by atoms with E-state index >= 15 is 0 Å². The quantitative estimate of drug-likeness (QED) is 0.306. The van der Waals surface area contributed by atoms with Crippen LogP contribution in [0, 0.1) is 23.7 Å². The third kappa shape index (κ3) is 16.0. The number of carbonyl (C=O) groups is 1. The summed E-state index contributed by atoms with van der Waals surface area (Å²) in [4.78, 5) is 11.0. The largest absolute Gasteiger partial charge is 0.463 e. The number of aliphatic hydroxyl groups is 1. The molecule has 0 saturated carbocycles. The van der Waals surface area contributed by atoms with Crippen LogP contribution in [-0.2, 0) is 9.53 Å². The number of hydrogen-bond acceptors (Lipinski definition) is 3. The summed E-state index contributed by atoms with van der Waals surface area (Å²) in [5, 5.41) is 8.52. The maximum absolute atomic E-state index is 11.0. The van der Waals surface area contributed by atoms with Gasteiger partial charge in [-0.1, -0.05) is 55.6 Å². The van der Waals surface area contributed by atoms with Gasteiger partial charge in [0, 0.05) is 13.3 Å². The average molecular weight is 314 g/mol. The molecule has 0 aromatic carbocycles. The van der Waals surface area contributed by atoms with E-state index in [-0.39, 0.29) is 18.7 Å². The van der Waals surface area contributed by atoms with E-state index < -0.39 is 0 Å². The molecule has 0 bridgehead atoms. The lowest BCUT2D eigenvalue weighted by molar-refractivity contribution is -0.146. The van der Waals surface area contributed by atoms with Gasteiger partial charge in [-0.3, -0.25) is 4.79 Å². The van der Waals surface area contributed by atoms with Crippen LogP contribution in [0.25, 0.3) is 0 Å². The zero-order valence-corrected chi connectivity index (χ0v) is 14.0. The predicted molar refractivity (Wildman–Crippen MR) is 94.4 cm³/mol. The van der Waals surface area contributed by atoms with Gasteiger partial charge in [-0.15, -0.1) is 0 Å². The summed E-state index contributed by atoms with van der Waals surface area (Å²) in [5.41, 5.74) is 0. The molecule has 0 spiro atoms. The molecule has 23 heavy (non-hydrogen) atoms. The normalized spacial score (nSPS) is 12.0. The summed E-state index contributed by atoms with van der Waals surface area (Å²) in [6.45, 7) is 3.58. The second kappa shape index (κ2) is 16.1. The summed E-state index contributed by atoms with van der Waals surface area (Å²) in [6.07, 6.45) is 15.3. The van der Waals surface area contributed by atoms with Gasteiger partial charge in [-0.2, -0.15) is 0 Å². The molecule has 0 radical (unpaired) electrons. The van der Waals surface area contributed by atoms with Crippen molar-refractivity contribution >= 4 is 5.97 Å². The van der Waals surface area contributed by atoms with E-state index in [0.717, 1.165) is 25.7 Å². The molecule has 124 valence electrons. The first-order valence-electron chi connectivity index (χ1n) is 7.93. The van der Waals surface area contributed by atoms with E-state index in [2.05, 4.69) is 30.6 Å². The lowest BCUT2D eigenvalue weighted by Crippen LogP contribution is -2.15. The average Bonchev–Trinajstić information content (AvgIpc) is 2.51. The van der Waals surface area contributed by atoms with Crippen LogP contribution < -0.4 is 0 Å². The first-order valence-corrected chi connectivity index (χ1v) is 7.93. The fourth-order valence-electron chi connectivity index (χ4n) is 1.77. The molecule has 1 atom stereocenters. The predicted octanol–water partition coefficient (Wildman–Crippen LogP) is 3.56. The Kier molecular flexibility index (Phi) is 14.6. The summed E-state index contributed by atoms with van der Waals surface area (Å²) in [5.74, 6) is 10.9. The monoisotopic (exact) mass is 314 g/mol. The summed E-state index contributed by atoms with van der Waals surface area (Å²) >= 11 is 0. The minimum atomic E-state index is -0.212. The van der Waals surface area contributed by atoms with Crippen LogP contribution >= 0.6 is 0 Å². The van der Waals surface area contributed by atoms with E-state index in [0.29, 0.717) is 6.42 Å². The maximum Gasteiger partial charge on any atom is 0.302 e. The molecule has 0 aromatic rings. The number of aliphatic hydroxyl groups excluding tert-OH is 1. The fraction of sp³-hybridized carbons (Fsp3) is 0.450. The van der Waals surface area contributed by atoms with Crippen molar-refractivity contribution in [2.45, 2.75) is 52.1 Å². The van der Waals surface area contributed by atoms with E-state index in [1.807, 2.05) is 18.2 Å². The lowest BCUT2D eigenvalue weighted by Gasteiger charge is -2.14. The van der Waals surface area contributed by atoms with Crippen molar-refractivity contribution < 1.29 is 14.6 Å². The first kappa shape index (κ1) is 20.8. The molecule has 0 rings (SSSR count). The molecular weight excluding hydrogens is 288 g/mol. The van der Waals surface area contributed by atoms with E-state index in [1.54, 1.807) is 18.2 Å². The summed E-state index contributed by atoms with van der Waals surface area (Å²) in [7, 11) is 0. The van der Waals surface area contributed by atoms with Gasteiger partial charge in [0.15, 0.2) is 0 Å². The van der Waals surface area contributed by atoms with Crippen molar-refractivity contribution in [1.29, 1.82) is 0 Å². The van der Waals surface area contributed by atoms with Gasteiger partial charge in [0.05, 0.1) is 6.61 Å². The van der Waals surface area contributed by atoms with Crippen molar-refractivity contribution in [3.05, 3.63) is 36.5 Å². The third-order valence-corrected chi connectivity index (χ3v) is 2.74.